The molecule has 2 aromatic rings. The molecule has 0 aromatic heterocycles. The molecule has 2 rings (SSSR count). The summed E-state index contributed by atoms with van der Waals surface area (Å²) >= 11 is 1.96. The van der Waals surface area contributed by atoms with Crippen LogP contribution >= 0.6 is 22.6 Å². The highest BCUT2D eigenvalue weighted by Gasteiger charge is 2.14. The van der Waals surface area contributed by atoms with Crippen molar-refractivity contribution < 1.29 is 9.31 Å². The molecule has 0 amide bonds. The van der Waals surface area contributed by atoms with E-state index in [9.17, 15) is 14.5 Å². The monoisotopic (exact) mass is 383 g/mol. The Morgan fingerprint density at radius 2 is 2.05 bits per heavy atom. The van der Waals surface area contributed by atoms with Crippen LogP contribution in [0.1, 0.15) is 5.56 Å². The van der Waals surface area contributed by atoms with Crippen LogP contribution in [0.4, 0.5) is 21.5 Å². The number of rotatable bonds is 3. The van der Waals surface area contributed by atoms with Gasteiger partial charge in [-0.15, -0.1) is 0 Å². The zero-order valence-corrected chi connectivity index (χ0v) is 12.1. The maximum absolute atomic E-state index is 13.0. The Balaban J connectivity index is 2.37. The molecular weight excluding hydrogens is 376 g/mol. The first-order chi connectivity index (χ1) is 9.51. The number of nitro benzene ring substituents is 1. The van der Waals surface area contributed by atoms with Crippen LogP contribution in [-0.2, 0) is 0 Å². The van der Waals surface area contributed by atoms with Crippen molar-refractivity contribution in [2.24, 2.45) is 0 Å². The van der Waals surface area contributed by atoms with Crippen LogP contribution in [0.5, 0.6) is 0 Å². The molecule has 0 fully saturated rings. The van der Waals surface area contributed by atoms with Crippen LogP contribution in [0.15, 0.2) is 36.4 Å². The van der Waals surface area contributed by atoms with E-state index < -0.39 is 4.92 Å². The second-order valence-electron chi connectivity index (χ2n) is 3.85. The fourth-order valence-corrected chi connectivity index (χ4v) is 2.21. The van der Waals surface area contributed by atoms with Crippen molar-refractivity contribution in [3.05, 3.63) is 61.5 Å². The Morgan fingerprint density at radius 3 is 2.65 bits per heavy atom. The van der Waals surface area contributed by atoms with Crippen LogP contribution in [-0.4, -0.2) is 4.92 Å². The van der Waals surface area contributed by atoms with Crippen molar-refractivity contribution in [2.45, 2.75) is 0 Å². The molecule has 0 atom stereocenters. The van der Waals surface area contributed by atoms with E-state index in [0.717, 1.165) is 0 Å². The molecule has 100 valence electrons. The number of nitriles is 1. The van der Waals surface area contributed by atoms with Gasteiger partial charge < -0.3 is 5.32 Å². The summed E-state index contributed by atoms with van der Waals surface area (Å²) in [7, 11) is 0. The molecule has 0 spiro atoms. The molecule has 0 unspecified atom stereocenters. The van der Waals surface area contributed by atoms with Crippen molar-refractivity contribution in [1.29, 1.82) is 5.26 Å². The zero-order valence-electron chi connectivity index (χ0n) is 9.93. The topological polar surface area (TPSA) is 79.0 Å². The number of nitro groups is 1. The van der Waals surface area contributed by atoms with E-state index in [2.05, 4.69) is 5.32 Å². The van der Waals surface area contributed by atoms with E-state index in [1.165, 1.54) is 24.3 Å². The van der Waals surface area contributed by atoms with Gasteiger partial charge in [-0.1, -0.05) is 0 Å². The summed E-state index contributed by atoms with van der Waals surface area (Å²) < 4.78 is 13.6. The highest BCUT2D eigenvalue weighted by Crippen LogP contribution is 2.27. The summed E-state index contributed by atoms with van der Waals surface area (Å²) in [5.41, 5.74) is 0.815. The SMILES string of the molecule is N#Cc1ccc(Nc2ccc(F)cc2I)cc1[N+](=O)[O-]. The van der Waals surface area contributed by atoms with Gasteiger partial charge in [0.1, 0.15) is 17.4 Å². The maximum Gasteiger partial charge on any atom is 0.289 e. The minimum atomic E-state index is -0.612. The van der Waals surface area contributed by atoms with Crippen molar-refractivity contribution in [1.82, 2.24) is 0 Å². The Morgan fingerprint density at radius 1 is 1.30 bits per heavy atom. The summed E-state index contributed by atoms with van der Waals surface area (Å²) in [5, 5.41) is 22.6. The minimum absolute atomic E-state index is 0.00523. The van der Waals surface area contributed by atoms with Crippen LogP contribution in [0.2, 0.25) is 0 Å². The number of nitrogens with zero attached hydrogens (tertiary/aromatic N) is 2. The maximum atomic E-state index is 13.0. The van der Waals surface area contributed by atoms with Gasteiger partial charge in [0.2, 0.25) is 0 Å². The van der Waals surface area contributed by atoms with Gasteiger partial charge in [0.25, 0.3) is 5.69 Å². The number of anilines is 2. The van der Waals surface area contributed by atoms with Crippen molar-refractivity contribution in [3.63, 3.8) is 0 Å². The van der Waals surface area contributed by atoms with Crippen molar-refractivity contribution >= 4 is 39.7 Å². The van der Waals surface area contributed by atoms with E-state index in [0.29, 0.717) is 14.9 Å². The average molecular weight is 383 g/mol. The number of hydrogen-bond donors (Lipinski definition) is 1. The summed E-state index contributed by atoms with van der Waals surface area (Å²) in [5.74, 6) is -0.356. The smallest absolute Gasteiger partial charge is 0.289 e. The van der Waals surface area contributed by atoms with Gasteiger partial charge in [0, 0.05) is 15.3 Å². The van der Waals surface area contributed by atoms with Gasteiger partial charge in [0.05, 0.1) is 10.6 Å². The first-order valence-electron chi connectivity index (χ1n) is 5.42. The third-order valence-electron chi connectivity index (χ3n) is 2.53. The highest BCUT2D eigenvalue weighted by molar-refractivity contribution is 14.1. The predicted molar refractivity (Wildman–Crippen MR) is 80.2 cm³/mol. The van der Waals surface area contributed by atoms with Crippen LogP contribution < -0.4 is 5.32 Å². The van der Waals surface area contributed by atoms with Crippen LogP contribution in [0.3, 0.4) is 0 Å². The largest absolute Gasteiger partial charge is 0.354 e. The summed E-state index contributed by atoms with van der Waals surface area (Å²) in [6, 6.07) is 10.2. The van der Waals surface area contributed by atoms with Gasteiger partial charge in [-0.05, 0) is 52.9 Å². The number of nitrogens with one attached hydrogen (secondary N) is 1. The average Bonchev–Trinajstić information content (AvgIpc) is 2.41. The molecule has 2 aromatic carbocycles. The minimum Gasteiger partial charge on any atom is -0.354 e. The first kappa shape index (κ1) is 14.2. The molecule has 0 saturated carbocycles. The molecule has 5 nitrogen and oxygen atoms in total. The number of halogens is 2. The van der Waals surface area contributed by atoms with Crippen LogP contribution in [0.25, 0.3) is 0 Å². The van der Waals surface area contributed by atoms with Crippen molar-refractivity contribution in [3.8, 4) is 6.07 Å². The molecule has 20 heavy (non-hydrogen) atoms. The fraction of sp³-hybridized carbons (Fsp3) is 0. The van der Waals surface area contributed by atoms with E-state index in [1.54, 1.807) is 18.2 Å². The zero-order chi connectivity index (χ0) is 14.7. The molecule has 0 heterocycles. The number of hydrogen-bond acceptors (Lipinski definition) is 4. The molecule has 0 bridgehead atoms. The second kappa shape index (κ2) is 5.83. The summed E-state index contributed by atoms with van der Waals surface area (Å²) in [6.45, 7) is 0. The molecular formula is C13H7FIN3O2. The lowest BCUT2D eigenvalue weighted by atomic mass is 10.1. The third kappa shape index (κ3) is 3.03. The lowest BCUT2D eigenvalue weighted by molar-refractivity contribution is -0.385. The lowest BCUT2D eigenvalue weighted by Gasteiger charge is -2.08. The van der Waals surface area contributed by atoms with E-state index in [1.807, 2.05) is 22.6 Å². The number of benzene rings is 2. The molecule has 0 saturated heterocycles. The predicted octanol–water partition coefficient (Wildman–Crippen LogP) is 3.95. The van der Waals surface area contributed by atoms with Crippen molar-refractivity contribution in [2.75, 3.05) is 5.32 Å². The van der Waals surface area contributed by atoms with E-state index >= 15 is 0 Å². The Kier molecular flexibility index (Phi) is 4.14. The quantitative estimate of drug-likeness (QED) is 0.495. The molecule has 0 aliphatic carbocycles. The van der Waals surface area contributed by atoms with E-state index in [4.69, 9.17) is 5.26 Å². The fourth-order valence-electron chi connectivity index (χ4n) is 1.60. The highest BCUT2D eigenvalue weighted by atomic mass is 127. The third-order valence-corrected chi connectivity index (χ3v) is 3.42. The molecule has 0 aliphatic rings. The standard InChI is InChI=1S/C13H7FIN3O2/c14-9-2-4-12(11(15)5-9)17-10-3-1-8(7-16)13(6-10)18(19)20/h1-6,17H. The molecule has 0 aliphatic heterocycles. The molecule has 7 heteroatoms. The lowest BCUT2D eigenvalue weighted by Crippen LogP contribution is -1.97. The summed E-state index contributed by atoms with van der Waals surface area (Å²) in [6.07, 6.45) is 0. The summed E-state index contributed by atoms with van der Waals surface area (Å²) in [4.78, 5) is 10.3. The normalized spacial score (nSPS) is 9.85. The van der Waals surface area contributed by atoms with Gasteiger partial charge in [-0.3, -0.25) is 10.1 Å². The van der Waals surface area contributed by atoms with E-state index in [-0.39, 0.29) is 17.1 Å². The van der Waals surface area contributed by atoms with Gasteiger partial charge >= 0.3 is 0 Å². The molecule has 1 N–H and O–H groups in total. The van der Waals surface area contributed by atoms with Gasteiger partial charge in [-0.25, -0.2) is 4.39 Å². The van der Waals surface area contributed by atoms with Gasteiger partial charge in [0.15, 0.2) is 0 Å². The van der Waals surface area contributed by atoms with Crippen LogP contribution in [0, 0.1) is 30.8 Å². The second-order valence-corrected chi connectivity index (χ2v) is 5.01. The Labute approximate surface area is 127 Å². The Bertz CT molecular complexity index is 728. The Hall–Kier alpha value is -2.21. The van der Waals surface area contributed by atoms with Gasteiger partial charge in [-0.2, -0.15) is 5.26 Å². The molecule has 0 radical (unpaired) electrons. The first-order valence-corrected chi connectivity index (χ1v) is 6.50.